The van der Waals surface area contributed by atoms with Gasteiger partial charge in [-0.15, -0.1) is 0 Å². The largest absolute Gasteiger partial charge is 0.481 e. The predicted molar refractivity (Wildman–Crippen MR) is 99.4 cm³/mol. The summed E-state index contributed by atoms with van der Waals surface area (Å²) in [6.45, 7) is 3.35. The summed E-state index contributed by atoms with van der Waals surface area (Å²) in [6, 6.07) is 3.44. The van der Waals surface area contributed by atoms with Crippen LogP contribution in [0.3, 0.4) is 0 Å². The number of rotatable bonds is 6. The van der Waals surface area contributed by atoms with Crippen molar-refractivity contribution in [3.8, 4) is 5.88 Å². The van der Waals surface area contributed by atoms with Gasteiger partial charge in [0.2, 0.25) is 5.88 Å². The Labute approximate surface area is 154 Å². The third-order valence-electron chi connectivity index (χ3n) is 4.80. The van der Waals surface area contributed by atoms with E-state index in [2.05, 4.69) is 33.5 Å². The SMILES string of the molecule is COc1cc(C(=O)N2CCC[C@@H](c3nccn3CCN(C)C)C2)ccn1. The van der Waals surface area contributed by atoms with Crippen LogP contribution in [0, 0.1) is 0 Å². The molecule has 0 saturated carbocycles. The number of likely N-dealkylation sites (tertiary alicyclic amines) is 1. The highest BCUT2D eigenvalue weighted by Crippen LogP contribution is 2.27. The van der Waals surface area contributed by atoms with Crippen molar-refractivity contribution in [1.82, 2.24) is 24.3 Å². The molecule has 140 valence electrons. The van der Waals surface area contributed by atoms with Crippen LogP contribution in [-0.4, -0.2) is 71.1 Å². The summed E-state index contributed by atoms with van der Waals surface area (Å²) in [4.78, 5) is 25.6. The highest BCUT2D eigenvalue weighted by atomic mass is 16.5. The number of piperidine rings is 1. The minimum Gasteiger partial charge on any atom is -0.481 e. The molecule has 0 N–H and O–H groups in total. The molecule has 26 heavy (non-hydrogen) atoms. The van der Waals surface area contributed by atoms with Crippen molar-refractivity contribution in [3.05, 3.63) is 42.1 Å². The van der Waals surface area contributed by atoms with Crippen LogP contribution >= 0.6 is 0 Å². The maximum absolute atomic E-state index is 12.9. The van der Waals surface area contributed by atoms with Crippen LogP contribution in [0.25, 0.3) is 0 Å². The Balaban J connectivity index is 1.71. The lowest BCUT2D eigenvalue weighted by atomic mass is 9.96. The Bertz CT molecular complexity index is 743. The number of amides is 1. The molecule has 0 aromatic carbocycles. The fourth-order valence-corrected chi connectivity index (χ4v) is 3.39. The van der Waals surface area contributed by atoms with Gasteiger partial charge in [0.25, 0.3) is 5.91 Å². The maximum atomic E-state index is 12.9. The van der Waals surface area contributed by atoms with E-state index in [9.17, 15) is 4.79 Å². The number of carbonyl (C=O) groups is 1. The number of hydrogen-bond donors (Lipinski definition) is 0. The third-order valence-corrected chi connectivity index (χ3v) is 4.80. The Morgan fingerprint density at radius 3 is 2.96 bits per heavy atom. The van der Waals surface area contributed by atoms with E-state index in [4.69, 9.17) is 4.74 Å². The minimum absolute atomic E-state index is 0.0294. The van der Waals surface area contributed by atoms with Crippen molar-refractivity contribution < 1.29 is 9.53 Å². The predicted octanol–water partition coefficient (Wildman–Crippen LogP) is 1.87. The lowest BCUT2D eigenvalue weighted by molar-refractivity contribution is 0.0702. The van der Waals surface area contributed by atoms with Gasteiger partial charge in [0.1, 0.15) is 5.82 Å². The van der Waals surface area contributed by atoms with E-state index < -0.39 is 0 Å². The fourth-order valence-electron chi connectivity index (χ4n) is 3.39. The Morgan fingerprint density at radius 2 is 2.19 bits per heavy atom. The molecular formula is C19H27N5O2. The van der Waals surface area contributed by atoms with Gasteiger partial charge in [-0.3, -0.25) is 4.79 Å². The van der Waals surface area contributed by atoms with Gasteiger partial charge in [0.05, 0.1) is 7.11 Å². The van der Waals surface area contributed by atoms with Crippen LogP contribution in [0.5, 0.6) is 5.88 Å². The van der Waals surface area contributed by atoms with Crippen LogP contribution in [0.2, 0.25) is 0 Å². The van der Waals surface area contributed by atoms with Crippen molar-refractivity contribution in [2.24, 2.45) is 0 Å². The number of carbonyl (C=O) groups excluding carboxylic acids is 1. The summed E-state index contributed by atoms with van der Waals surface area (Å²) < 4.78 is 7.35. The molecule has 1 aliphatic rings. The normalized spacial score (nSPS) is 17.5. The first-order valence-corrected chi connectivity index (χ1v) is 9.03. The highest BCUT2D eigenvalue weighted by Gasteiger charge is 2.28. The molecule has 0 radical (unpaired) electrons. The van der Waals surface area contributed by atoms with Crippen LogP contribution in [0.4, 0.5) is 0 Å². The fraction of sp³-hybridized carbons (Fsp3) is 0.526. The van der Waals surface area contributed by atoms with E-state index in [0.717, 1.165) is 38.3 Å². The second kappa shape index (κ2) is 8.31. The van der Waals surface area contributed by atoms with Crippen molar-refractivity contribution in [2.75, 3.05) is 40.8 Å². The first kappa shape index (κ1) is 18.4. The summed E-state index contributed by atoms with van der Waals surface area (Å²) in [6.07, 6.45) is 7.55. The van der Waals surface area contributed by atoms with Gasteiger partial charge in [-0.05, 0) is 33.0 Å². The Kier molecular flexibility index (Phi) is 5.88. The monoisotopic (exact) mass is 357 g/mol. The molecule has 2 aromatic heterocycles. The zero-order chi connectivity index (χ0) is 18.5. The molecule has 3 rings (SSSR count). The molecule has 0 aliphatic carbocycles. The zero-order valence-corrected chi connectivity index (χ0v) is 15.8. The average molecular weight is 357 g/mol. The summed E-state index contributed by atoms with van der Waals surface area (Å²) in [5, 5.41) is 0. The van der Waals surface area contributed by atoms with Gasteiger partial charge < -0.3 is 19.1 Å². The van der Waals surface area contributed by atoms with Gasteiger partial charge in [0.15, 0.2) is 0 Å². The molecule has 1 aliphatic heterocycles. The first-order chi connectivity index (χ1) is 12.6. The van der Waals surface area contributed by atoms with Gasteiger partial charge in [-0.2, -0.15) is 0 Å². The van der Waals surface area contributed by atoms with E-state index in [1.54, 1.807) is 25.4 Å². The summed E-state index contributed by atoms with van der Waals surface area (Å²) in [5.74, 6) is 1.84. The molecule has 0 unspecified atom stereocenters. The molecule has 3 heterocycles. The van der Waals surface area contributed by atoms with E-state index >= 15 is 0 Å². The molecular weight excluding hydrogens is 330 g/mol. The zero-order valence-electron chi connectivity index (χ0n) is 15.8. The Morgan fingerprint density at radius 1 is 1.35 bits per heavy atom. The highest BCUT2D eigenvalue weighted by molar-refractivity contribution is 5.94. The van der Waals surface area contributed by atoms with E-state index in [0.29, 0.717) is 18.0 Å². The molecule has 1 amide bonds. The molecule has 0 spiro atoms. The number of aromatic nitrogens is 3. The summed E-state index contributed by atoms with van der Waals surface area (Å²) >= 11 is 0. The van der Waals surface area contributed by atoms with Crippen molar-refractivity contribution in [1.29, 1.82) is 0 Å². The number of hydrogen-bond acceptors (Lipinski definition) is 5. The second-order valence-electron chi connectivity index (χ2n) is 6.96. The number of nitrogens with zero attached hydrogens (tertiary/aromatic N) is 5. The van der Waals surface area contributed by atoms with Crippen molar-refractivity contribution in [3.63, 3.8) is 0 Å². The van der Waals surface area contributed by atoms with Gasteiger partial charge >= 0.3 is 0 Å². The summed E-state index contributed by atoms with van der Waals surface area (Å²) in [7, 11) is 5.70. The molecule has 1 fully saturated rings. The summed E-state index contributed by atoms with van der Waals surface area (Å²) in [5.41, 5.74) is 0.619. The number of methoxy groups -OCH3 is 1. The van der Waals surface area contributed by atoms with Crippen molar-refractivity contribution in [2.45, 2.75) is 25.3 Å². The molecule has 7 nitrogen and oxygen atoms in total. The van der Waals surface area contributed by atoms with Crippen LogP contribution in [0.1, 0.15) is 34.9 Å². The smallest absolute Gasteiger partial charge is 0.254 e. The number of pyridine rings is 1. The number of imidazole rings is 1. The molecule has 1 saturated heterocycles. The Hall–Kier alpha value is -2.41. The maximum Gasteiger partial charge on any atom is 0.254 e. The first-order valence-electron chi connectivity index (χ1n) is 9.03. The van der Waals surface area contributed by atoms with Gasteiger partial charge in [-0.25, -0.2) is 9.97 Å². The average Bonchev–Trinajstić information content (AvgIpc) is 3.14. The van der Waals surface area contributed by atoms with Crippen LogP contribution in [0.15, 0.2) is 30.7 Å². The van der Waals surface area contributed by atoms with E-state index in [1.165, 1.54) is 0 Å². The lowest BCUT2D eigenvalue weighted by Crippen LogP contribution is -2.40. The van der Waals surface area contributed by atoms with Crippen LogP contribution < -0.4 is 4.74 Å². The quantitative estimate of drug-likeness (QED) is 0.790. The number of likely N-dealkylation sites (N-methyl/N-ethyl adjacent to an activating group) is 1. The minimum atomic E-state index is 0.0294. The topological polar surface area (TPSA) is 63.5 Å². The molecule has 1 atom stereocenters. The number of ether oxygens (including phenoxy) is 1. The lowest BCUT2D eigenvalue weighted by Gasteiger charge is -2.33. The van der Waals surface area contributed by atoms with Crippen LogP contribution in [-0.2, 0) is 6.54 Å². The third kappa shape index (κ3) is 4.22. The van der Waals surface area contributed by atoms with Gasteiger partial charge in [0, 0.05) is 62.3 Å². The molecule has 2 aromatic rings. The van der Waals surface area contributed by atoms with Crippen molar-refractivity contribution >= 4 is 5.91 Å². The van der Waals surface area contributed by atoms with E-state index in [-0.39, 0.29) is 11.8 Å². The van der Waals surface area contributed by atoms with E-state index in [1.807, 2.05) is 17.3 Å². The second-order valence-corrected chi connectivity index (χ2v) is 6.96. The molecule has 7 heteroatoms. The molecule has 0 bridgehead atoms. The standard InChI is InChI=1S/C19H27N5O2/c1-22(2)11-12-23-10-8-21-18(23)16-5-4-9-24(14-16)19(25)15-6-7-20-17(13-15)26-3/h6-8,10,13,16H,4-5,9,11-12,14H2,1-3H3/t16-/m1/s1. The van der Waals surface area contributed by atoms with Gasteiger partial charge in [-0.1, -0.05) is 0 Å².